The molecule has 1 heterocycles. The maximum Gasteiger partial charge on any atom is 0.357 e. The maximum absolute atomic E-state index is 14.6. The molecule has 0 amide bonds. The van der Waals surface area contributed by atoms with Gasteiger partial charge in [-0.1, -0.05) is 24.3 Å². The summed E-state index contributed by atoms with van der Waals surface area (Å²) in [6.45, 7) is 4.69. The van der Waals surface area contributed by atoms with Gasteiger partial charge >= 0.3 is 5.97 Å². The molecule has 0 saturated carbocycles. The largest absolute Gasteiger partial charge is 0.464 e. The Morgan fingerprint density at radius 2 is 2.12 bits per heavy atom. The van der Waals surface area contributed by atoms with Gasteiger partial charge in [-0.3, -0.25) is 0 Å². The van der Waals surface area contributed by atoms with Gasteiger partial charge in [-0.25, -0.2) is 23.5 Å². The Labute approximate surface area is 142 Å². The van der Waals surface area contributed by atoms with Crippen LogP contribution in [0.4, 0.5) is 14.6 Å². The van der Waals surface area contributed by atoms with E-state index in [-0.39, 0.29) is 39.0 Å². The van der Waals surface area contributed by atoms with Crippen LogP contribution in [0.5, 0.6) is 0 Å². The highest BCUT2D eigenvalue weighted by molar-refractivity contribution is 6.31. The SMILES string of the molecule is C=Cc1c(N)nc(-c2ccc(Cl)c(C(C)F)c2F)nc1C(=O)OC. The number of anilines is 1. The molecule has 0 bridgehead atoms. The smallest absolute Gasteiger partial charge is 0.357 e. The Morgan fingerprint density at radius 1 is 1.46 bits per heavy atom. The molecule has 2 N–H and O–H groups in total. The monoisotopic (exact) mass is 353 g/mol. The average molecular weight is 354 g/mol. The number of benzene rings is 1. The highest BCUT2D eigenvalue weighted by atomic mass is 35.5. The summed E-state index contributed by atoms with van der Waals surface area (Å²) >= 11 is 5.83. The molecule has 0 aliphatic heterocycles. The zero-order valence-electron chi connectivity index (χ0n) is 12.9. The summed E-state index contributed by atoms with van der Waals surface area (Å²) in [4.78, 5) is 19.8. The number of hydrogen-bond donors (Lipinski definition) is 1. The van der Waals surface area contributed by atoms with Crippen LogP contribution in [0.3, 0.4) is 0 Å². The van der Waals surface area contributed by atoms with Gasteiger partial charge in [-0.05, 0) is 19.1 Å². The molecule has 126 valence electrons. The van der Waals surface area contributed by atoms with Gasteiger partial charge in [0.15, 0.2) is 11.5 Å². The van der Waals surface area contributed by atoms with E-state index in [0.717, 1.165) is 6.92 Å². The lowest BCUT2D eigenvalue weighted by atomic mass is 10.1. The van der Waals surface area contributed by atoms with Crippen LogP contribution >= 0.6 is 11.6 Å². The van der Waals surface area contributed by atoms with Crippen LogP contribution in [-0.2, 0) is 4.74 Å². The number of alkyl halides is 1. The van der Waals surface area contributed by atoms with E-state index in [9.17, 15) is 13.6 Å². The van der Waals surface area contributed by atoms with Gasteiger partial charge in [0.1, 0.15) is 17.8 Å². The number of carbonyl (C=O) groups excluding carboxylic acids is 1. The van der Waals surface area contributed by atoms with E-state index in [1.807, 2.05) is 0 Å². The molecule has 1 unspecified atom stereocenters. The van der Waals surface area contributed by atoms with Crippen molar-refractivity contribution in [3.8, 4) is 11.4 Å². The highest BCUT2D eigenvalue weighted by Gasteiger charge is 2.23. The number of halogens is 3. The molecule has 24 heavy (non-hydrogen) atoms. The van der Waals surface area contributed by atoms with Crippen LogP contribution in [0, 0.1) is 5.82 Å². The topological polar surface area (TPSA) is 78.1 Å². The Kier molecular flexibility index (Phi) is 5.14. The lowest BCUT2D eigenvalue weighted by molar-refractivity contribution is 0.0593. The standard InChI is InChI=1S/C16H14ClF2N3O2/c1-4-8-13(16(23)24-3)21-15(22-14(8)20)9-5-6-10(17)11(7(2)18)12(9)19/h4-7H,1H2,2-3H3,(H2,20,21,22). The van der Waals surface area contributed by atoms with Gasteiger partial charge < -0.3 is 10.5 Å². The summed E-state index contributed by atoms with van der Waals surface area (Å²) in [5.74, 6) is -1.97. The normalized spacial score (nSPS) is 11.9. The van der Waals surface area contributed by atoms with Gasteiger partial charge in [0.2, 0.25) is 0 Å². The van der Waals surface area contributed by atoms with E-state index in [4.69, 9.17) is 17.3 Å². The second kappa shape index (κ2) is 6.92. The summed E-state index contributed by atoms with van der Waals surface area (Å²) in [5.41, 5.74) is 5.34. The summed E-state index contributed by atoms with van der Waals surface area (Å²) in [7, 11) is 1.17. The van der Waals surface area contributed by atoms with Crippen molar-refractivity contribution >= 4 is 29.5 Å². The molecule has 0 saturated heterocycles. The molecular formula is C16H14ClF2N3O2. The lowest BCUT2D eigenvalue weighted by Crippen LogP contribution is -2.12. The average Bonchev–Trinajstić information content (AvgIpc) is 2.53. The second-order valence-electron chi connectivity index (χ2n) is 4.83. The molecule has 5 nitrogen and oxygen atoms in total. The minimum Gasteiger partial charge on any atom is -0.464 e. The predicted octanol–water partition coefficient (Wildman–Crippen LogP) is 3.98. The molecule has 1 atom stereocenters. The van der Waals surface area contributed by atoms with Crippen molar-refractivity contribution in [2.45, 2.75) is 13.1 Å². The van der Waals surface area contributed by atoms with Crippen molar-refractivity contribution in [2.75, 3.05) is 12.8 Å². The fraction of sp³-hybridized carbons (Fsp3) is 0.188. The third-order valence-electron chi connectivity index (χ3n) is 3.32. The van der Waals surface area contributed by atoms with Crippen molar-refractivity contribution in [3.63, 3.8) is 0 Å². The molecule has 2 rings (SSSR count). The first kappa shape index (κ1) is 17.8. The molecule has 1 aromatic carbocycles. The first-order valence-corrected chi connectivity index (χ1v) is 7.20. The summed E-state index contributed by atoms with van der Waals surface area (Å²) in [6, 6.07) is 2.61. The van der Waals surface area contributed by atoms with E-state index in [1.165, 1.54) is 25.3 Å². The van der Waals surface area contributed by atoms with Crippen LogP contribution in [0.15, 0.2) is 18.7 Å². The molecule has 0 spiro atoms. The van der Waals surface area contributed by atoms with Gasteiger partial charge in [-0.15, -0.1) is 0 Å². The van der Waals surface area contributed by atoms with Gasteiger partial charge in [0.05, 0.1) is 12.7 Å². The number of methoxy groups -OCH3 is 1. The van der Waals surface area contributed by atoms with Gasteiger partial charge in [-0.2, -0.15) is 0 Å². The first-order valence-electron chi connectivity index (χ1n) is 6.82. The van der Waals surface area contributed by atoms with Crippen LogP contribution in [-0.4, -0.2) is 23.0 Å². The van der Waals surface area contributed by atoms with Crippen molar-refractivity contribution in [2.24, 2.45) is 0 Å². The number of carbonyl (C=O) groups is 1. The van der Waals surface area contributed by atoms with Crippen LogP contribution in [0.25, 0.3) is 17.5 Å². The van der Waals surface area contributed by atoms with Crippen LogP contribution in [0.2, 0.25) is 5.02 Å². The molecule has 0 fully saturated rings. The third-order valence-corrected chi connectivity index (χ3v) is 3.65. The number of esters is 1. The van der Waals surface area contributed by atoms with Gasteiger partial charge in [0, 0.05) is 16.1 Å². The Bertz CT molecular complexity index is 825. The summed E-state index contributed by atoms with van der Waals surface area (Å²) in [5, 5.41) is -0.0601. The van der Waals surface area contributed by atoms with Crippen LogP contribution in [0.1, 0.15) is 34.7 Å². The number of ether oxygens (including phenoxy) is 1. The van der Waals surface area contributed by atoms with Crippen molar-refractivity contribution in [1.29, 1.82) is 0 Å². The number of nitrogen functional groups attached to an aromatic ring is 1. The molecular weight excluding hydrogens is 340 g/mol. The Morgan fingerprint density at radius 3 is 2.67 bits per heavy atom. The van der Waals surface area contributed by atoms with E-state index in [2.05, 4.69) is 21.3 Å². The van der Waals surface area contributed by atoms with E-state index < -0.39 is 18.0 Å². The fourth-order valence-electron chi connectivity index (χ4n) is 2.17. The van der Waals surface area contributed by atoms with Gasteiger partial charge in [0.25, 0.3) is 0 Å². The number of aromatic nitrogens is 2. The Balaban J connectivity index is 2.75. The molecule has 2 aromatic rings. The third kappa shape index (κ3) is 3.07. The van der Waals surface area contributed by atoms with E-state index in [1.54, 1.807) is 0 Å². The first-order chi connectivity index (χ1) is 11.3. The summed E-state index contributed by atoms with van der Waals surface area (Å²) < 4.78 is 32.9. The van der Waals surface area contributed by atoms with Crippen molar-refractivity contribution < 1.29 is 18.3 Å². The van der Waals surface area contributed by atoms with E-state index in [0.29, 0.717) is 0 Å². The quantitative estimate of drug-likeness (QED) is 0.841. The number of nitrogens with zero attached hydrogens (tertiary/aromatic N) is 2. The molecule has 0 aliphatic carbocycles. The molecule has 1 aromatic heterocycles. The molecule has 8 heteroatoms. The molecule has 0 radical (unpaired) electrons. The lowest BCUT2D eigenvalue weighted by Gasteiger charge is -2.13. The number of hydrogen-bond acceptors (Lipinski definition) is 5. The minimum atomic E-state index is -1.64. The molecule has 0 aliphatic rings. The minimum absolute atomic E-state index is 0.0601. The van der Waals surface area contributed by atoms with Crippen molar-refractivity contribution in [3.05, 3.63) is 46.4 Å². The number of nitrogens with two attached hydrogens (primary N) is 1. The van der Waals surface area contributed by atoms with Crippen LogP contribution < -0.4 is 5.73 Å². The maximum atomic E-state index is 14.6. The van der Waals surface area contributed by atoms with E-state index >= 15 is 0 Å². The Hall–Kier alpha value is -2.54. The highest BCUT2D eigenvalue weighted by Crippen LogP contribution is 2.34. The van der Waals surface area contributed by atoms with Crippen molar-refractivity contribution in [1.82, 2.24) is 9.97 Å². The summed E-state index contributed by atoms with van der Waals surface area (Å²) in [6.07, 6.45) is -0.346. The fourth-order valence-corrected chi connectivity index (χ4v) is 2.46. The zero-order valence-corrected chi connectivity index (χ0v) is 13.7. The number of rotatable bonds is 4. The predicted molar refractivity (Wildman–Crippen MR) is 87.8 cm³/mol. The zero-order chi connectivity index (χ0) is 18.0. The second-order valence-corrected chi connectivity index (χ2v) is 5.24.